The van der Waals surface area contributed by atoms with Gasteiger partial charge >= 0.3 is 0 Å². The highest BCUT2D eigenvalue weighted by molar-refractivity contribution is 6.37. The van der Waals surface area contributed by atoms with Gasteiger partial charge in [0.1, 0.15) is 6.61 Å². The van der Waals surface area contributed by atoms with Crippen LogP contribution in [0.25, 0.3) is 0 Å². The average Bonchev–Trinajstić information content (AvgIpc) is 2.28. The second kappa shape index (κ2) is 7.91. The summed E-state index contributed by atoms with van der Waals surface area (Å²) >= 11 is 17.7. The quantitative estimate of drug-likeness (QED) is 0.575. The minimum atomic E-state index is 0.392. The van der Waals surface area contributed by atoms with Gasteiger partial charge in [-0.2, -0.15) is 0 Å². The van der Waals surface area contributed by atoms with E-state index in [1.54, 1.807) is 0 Å². The predicted octanol–water partition coefficient (Wildman–Crippen LogP) is 4.82. The number of hydrogen-bond acceptors (Lipinski definition) is 2. The van der Waals surface area contributed by atoms with Crippen molar-refractivity contribution in [3.63, 3.8) is 0 Å². The molecule has 1 aromatic carbocycles. The van der Waals surface area contributed by atoms with Gasteiger partial charge in [-0.05, 0) is 18.6 Å². The topological polar surface area (TPSA) is 21.3 Å². The standard InChI is InChI=1S/C12H16Cl3NO/c1-2-3-5-16-9-7-10(14)12(11(15)8-9)17-6-4-13/h7-8,16H,2-6H2,1H3. The van der Waals surface area contributed by atoms with Crippen LogP contribution in [-0.4, -0.2) is 19.0 Å². The van der Waals surface area contributed by atoms with Crippen molar-refractivity contribution in [3.8, 4) is 5.75 Å². The van der Waals surface area contributed by atoms with Crippen molar-refractivity contribution < 1.29 is 4.74 Å². The van der Waals surface area contributed by atoms with Crippen molar-refractivity contribution in [2.24, 2.45) is 0 Å². The Balaban J connectivity index is 2.71. The summed E-state index contributed by atoms with van der Waals surface area (Å²) in [5.74, 6) is 0.901. The normalized spacial score (nSPS) is 10.4. The molecule has 0 amide bonds. The van der Waals surface area contributed by atoms with Crippen LogP contribution in [0.4, 0.5) is 5.69 Å². The Bertz CT molecular complexity index is 335. The molecule has 0 aromatic heterocycles. The van der Waals surface area contributed by atoms with E-state index in [-0.39, 0.29) is 0 Å². The van der Waals surface area contributed by atoms with Crippen LogP contribution in [0, 0.1) is 0 Å². The number of halogens is 3. The second-order valence-electron chi connectivity index (χ2n) is 3.59. The predicted molar refractivity (Wildman–Crippen MR) is 76.1 cm³/mol. The zero-order chi connectivity index (χ0) is 12.7. The molecule has 0 aliphatic carbocycles. The first-order valence-electron chi connectivity index (χ1n) is 5.60. The molecule has 0 aliphatic rings. The van der Waals surface area contributed by atoms with E-state index in [0.717, 1.165) is 25.1 Å². The molecule has 1 N–H and O–H groups in total. The van der Waals surface area contributed by atoms with Crippen LogP contribution in [0.1, 0.15) is 19.8 Å². The molecule has 1 rings (SSSR count). The van der Waals surface area contributed by atoms with E-state index in [1.807, 2.05) is 12.1 Å². The number of ether oxygens (including phenoxy) is 1. The van der Waals surface area contributed by atoms with E-state index in [4.69, 9.17) is 39.5 Å². The lowest BCUT2D eigenvalue weighted by atomic mass is 10.2. The first-order chi connectivity index (χ1) is 8.19. The number of benzene rings is 1. The Morgan fingerprint density at radius 1 is 1.24 bits per heavy atom. The summed E-state index contributed by atoms with van der Waals surface area (Å²) < 4.78 is 5.37. The second-order valence-corrected chi connectivity index (χ2v) is 4.78. The van der Waals surface area contributed by atoms with E-state index in [0.29, 0.717) is 28.3 Å². The lowest BCUT2D eigenvalue weighted by Gasteiger charge is -2.12. The Hall–Kier alpha value is -0.310. The monoisotopic (exact) mass is 295 g/mol. The molecular formula is C12H16Cl3NO. The smallest absolute Gasteiger partial charge is 0.156 e. The van der Waals surface area contributed by atoms with Gasteiger partial charge in [-0.25, -0.2) is 0 Å². The van der Waals surface area contributed by atoms with E-state index in [9.17, 15) is 0 Å². The Morgan fingerprint density at radius 3 is 2.41 bits per heavy atom. The molecule has 0 radical (unpaired) electrons. The van der Waals surface area contributed by atoms with E-state index >= 15 is 0 Å². The van der Waals surface area contributed by atoms with E-state index in [2.05, 4.69) is 12.2 Å². The Morgan fingerprint density at radius 2 is 1.88 bits per heavy atom. The number of nitrogens with one attached hydrogen (secondary N) is 1. The highest BCUT2D eigenvalue weighted by Gasteiger charge is 2.09. The summed E-state index contributed by atoms with van der Waals surface area (Å²) in [5.41, 5.74) is 0.909. The lowest BCUT2D eigenvalue weighted by Crippen LogP contribution is -2.03. The van der Waals surface area contributed by atoms with Crippen molar-refractivity contribution in [2.75, 3.05) is 24.3 Å². The molecule has 0 fully saturated rings. The first kappa shape index (κ1) is 14.7. The maximum Gasteiger partial charge on any atom is 0.156 e. The zero-order valence-electron chi connectivity index (χ0n) is 9.73. The van der Waals surface area contributed by atoms with E-state index in [1.165, 1.54) is 0 Å². The van der Waals surface area contributed by atoms with Crippen LogP contribution in [0.15, 0.2) is 12.1 Å². The number of alkyl halides is 1. The SMILES string of the molecule is CCCCNc1cc(Cl)c(OCCCl)c(Cl)c1. The fourth-order valence-corrected chi connectivity index (χ4v) is 2.02. The maximum atomic E-state index is 6.09. The Kier molecular flexibility index (Phi) is 6.86. The van der Waals surface area contributed by atoms with Gasteiger partial charge in [0, 0.05) is 12.2 Å². The van der Waals surface area contributed by atoms with Crippen LogP contribution in [0.2, 0.25) is 10.0 Å². The van der Waals surface area contributed by atoms with Gasteiger partial charge in [-0.15, -0.1) is 11.6 Å². The van der Waals surface area contributed by atoms with Gasteiger partial charge < -0.3 is 10.1 Å². The van der Waals surface area contributed by atoms with Gasteiger partial charge in [-0.1, -0.05) is 36.5 Å². The zero-order valence-corrected chi connectivity index (χ0v) is 12.0. The summed E-state index contributed by atoms with van der Waals surface area (Å²) in [6.45, 7) is 3.44. The van der Waals surface area contributed by atoms with Crippen molar-refractivity contribution in [1.82, 2.24) is 0 Å². The van der Waals surface area contributed by atoms with Crippen LogP contribution < -0.4 is 10.1 Å². The third-order valence-corrected chi connectivity index (χ3v) is 2.90. The highest BCUT2D eigenvalue weighted by atomic mass is 35.5. The average molecular weight is 297 g/mol. The third kappa shape index (κ3) is 4.82. The fourth-order valence-electron chi connectivity index (χ4n) is 1.35. The number of rotatable bonds is 7. The molecule has 0 aliphatic heterocycles. The number of anilines is 1. The van der Waals surface area contributed by atoms with Crippen molar-refractivity contribution in [3.05, 3.63) is 22.2 Å². The van der Waals surface area contributed by atoms with Gasteiger partial charge in [0.25, 0.3) is 0 Å². The molecule has 0 bridgehead atoms. The molecule has 5 heteroatoms. The first-order valence-corrected chi connectivity index (χ1v) is 6.89. The molecule has 1 aromatic rings. The summed E-state index contributed by atoms with van der Waals surface area (Å²) in [4.78, 5) is 0. The maximum absolute atomic E-state index is 6.09. The molecule has 17 heavy (non-hydrogen) atoms. The van der Waals surface area contributed by atoms with Crippen LogP contribution >= 0.6 is 34.8 Å². The van der Waals surface area contributed by atoms with Crippen molar-refractivity contribution in [1.29, 1.82) is 0 Å². The molecule has 0 spiro atoms. The van der Waals surface area contributed by atoms with Crippen LogP contribution in [-0.2, 0) is 0 Å². The molecular weight excluding hydrogens is 280 g/mol. The summed E-state index contributed by atoms with van der Waals surface area (Å²) in [6.07, 6.45) is 2.26. The number of unbranched alkanes of at least 4 members (excludes halogenated alkanes) is 1. The lowest BCUT2D eigenvalue weighted by molar-refractivity contribution is 0.343. The summed E-state index contributed by atoms with van der Waals surface area (Å²) in [7, 11) is 0. The number of hydrogen-bond donors (Lipinski definition) is 1. The van der Waals surface area contributed by atoms with Crippen molar-refractivity contribution >= 4 is 40.5 Å². The molecule has 0 atom stereocenters. The molecule has 2 nitrogen and oxygen atoms in total. The molecule has 0 saturated heterocycles. The minimum Gasteiger partial charge on any atom is -0.489 e. The minimum absolute atomic E-state index is 0.392. The molecule has 0 heterocycles. The van der Waals surface area contributed by atoms with Gasteiger partial charge in [-0.3, -0.25) is 0 Å². The molecule has 96 valence electrons. The molecule has 0 saturated carbocycles. The summed E-state index contributed by atoms with van der Waals surface area (Å²) in [6, 6.07) is 3.62. The van der Waals surface area contributed by atoms with Gasteiger partial charge in [0.15, 0.2) is 5.75 Å². The largest absolute Gasteiger partial charge is 0.489 e. The summed E-state index contributed by atoms with van der Waals surface area (Å²) in [5, 5.41) is 4.26. The Labute approximate surface area is 117 Å². The molecule has 0 unspecified atom stereocenters. The van der Waals surface area contributed by atoms with Gasteiger partial charge in [0.05, 0.1) is 15.9 Å². The fraction of sp³-hybridized carbons (Fsp3) is 0.500. The van der Waals surface area contributed by atoms with Crippen LogP contribution in [0.3, 0.4) is 0 Å². The third-order valence-electron chi connectivity index (χ3n) is 2.18. The van der Waals surface area contributed by atoms with Crippen molar-refractivity contribution in [2.45, 2.75) is 19.8 Å². The van der Waals surface area contributed by atoms with Crippen LogP contribution in [0.5, 0.6) is 5.75 Å². The highest BCUT2D eigenvalue weighted by Crippen LogP contribution is 2.36. The van der Waals surface area contributed by atoms with E-state index < -0.39 is 0 Å². The van der Waals surface area contributed by atoms with Gasteiger partial charge in [0.2, 0.25) is 0 Å².